The van der Waals surface area contributed by atoms with Crippen molar-refractivity contribution in [2.75, 3.05) is 25.9 Å². The molecule has 1 spiro atoms. The molecule has 2 saturated heterocycles. The molecule has 1 amide bonds. The van der Waals surface area contributed by atoms with Gasteiger partial charge in [0.15, 0.2) is 21.2 Å². The molecule has 2 unspecified atom stereocenters. The average Bonchev–Trinajstić information content (AvgIpc) is 3.16. The van der Waals surface area contributed by atoms with E-state index >= 15 is 0 Å². The van der Waals surface area contributed by atoms with Crippen molar-refractivity contribution in [2.45, 2.75) is 42.7 Å². The van der Waals surface area contributed by atoms with Gasteiger partial charge in [-0.25, -0.2) is 8.42 Å². The third kappa shape index (κ3) is 6.05. The minimum absolute atomic E-state index is 0.0778. The van der Waals surface area contributed by atoms with E-state index in [1.54, 1.807) is 49.6 Å². The van der Waals surface area contributed by atoms with E-state index in [1.165, 1.54) is 6.07 Å². The number of aryl methyl sites for hydroxylation is 1. The largest absolute Gasteiger partial charge is 0.449 e. The van der Waals surface area contributed by atoms with Crippen LogP contribution in [-0.2, 0) is 35.5 Å². The third-order valence-electron chi connectivity index (χ3n) is 7.62. The van der Waals surface area contributed by atoms with Crippen molar-refractivity contribution in [1.82, 2.24) is 15.2 Å². The molecule has 0 aliphatic carbocycles. The van der Waals surface area contributed by atoms with Gasteiger partial charge in [-0.2, -0.15) is 0 Å². The van der Waals surface area contributed by atoms with E-state index in [1.807, 2.05) is 17.0 Å². The first kappa shape index (κ1) is 28.9. The molecule has 9 nitrogen and oxygen atoms in total. The van der Waals surface area contributed by atoms with Crippen LogP contribution in [0.4, 0.5) is 0 Å². The fraction of sp³-hybridized carbons (Fsp3) is 0.333. The number of nitrogens with zero attached hydrogens (tertiary/aromatic N) is 2. The molecule has 2 aliphatic heterocycles. The second-order valence-electron chi connectivity index (χ2n) is 10.6. The highest BCUT2D eigenvalue weighted by atomic mass is 35.5. The first-order valence-electron chi connectivity index (χ1n) is 13.2. The molecule has 2 fully saturated rings. The highest BCUT2D eigenvalue weighted by molar-refractivity contribution is 7.90. The van der Waals surface area contributed by atoms with E-state index in [9.17, 15) is 22.8 Å². The highest BCUT2D eigenvalue weighted by Gasteiger charge is 2.57. The quantitative estimate of drug-likeness (QED) is 0.325. The Morgan fingerprint density at radius 3 is 2.66 bits per heavy atom. The molecular formula is C30H30ClN3O6S. The number of esters is 1. The van der Waals surface area contributed by atoms with Crippen LogP contribution in [0.1, 0.15) is 35.4 Å². The first-order chi connectivity index (χ1) is 19.5. The number of rotatable bonds is 7. The van der Waals surface area contributed by atoms with E-state index < -0.39 is 27.3 Å². The summed E-state index contributed by atoms with van der Waals surface area (Å²) in [6.07, 6.45) is 5.43. The van der Waals surface area contributed by atoms with Gasteiger partial charge in [0.2, 0.25) is 5.91 Å². The lowest BCUT2D eigenvalue weighted by molar-refractivity contribution is -0.157. The Hall–Kier alpha value is -3.60. The number of hydrogen-bond acceptors (Lipinski definition) is 8. The number of benzene rings is 2. The van der Waals surface area contributed by atoms with Crippen molar-refractivity contribution >= 4 is 39.1 Å². The molecule has 41 heavy (non-hydrogen) atoms. The zero-order valence-electron chi connectivity index (χ0n) is 22.7. The van der Waals surface area contributed by atoms with Crippen molar-refractivity contribution in [3.8, 4) is 11.1 Å². The van der Waals surface area contributed by atoms with E-state index in [0.29, 0.717) is 48.2 Å². The van der Waals surface area contributed by atoms with Gasteiger partial charge >= 0.3 is 5.97 Å². The number of hydrogen-bond donors (Lipinski definition) is 1. The molecule has 1 N–H and O–H groups in total. The summed E-state index contributed by atoms with van der Waals surface area (Å²) < 4.78 is 29.9. The summed E-state index contributed by atoms with van der Waals surface area (Å²) in [5, 5.41) is 3.16. The first-order valence-corrected chi connectivity index (χ1v) is 15.5. The van der Waals surface area contributed by atoms with Crippen LogP contribution in [0.25, 0.3) is 11.1 Å². The molecule has 3 heterocycles. The maximum Gasteiger partial charge on any atom is 0.322 e. The van der Waals surface area contributed by atoms with Crippen LogP contribution in [0.5, 0.6) is 0 Å². The van der Waals surface area contributed by atoms with Crippen molar-refractivity contribution in [1.29, 1.82) is 0 Å². The maximum atomic E-state index is 13.8. The summed E-state index contributed by atoms with van der Waals surface area (Å²) >= 11 is 6.64. The van der Waals surface area contributed by atoms with Crippen molar-refractivity contribution < 1.29 is 27.5 Å². The Balaban J connectivity index is 1.33. The molecule has 0 saturated carbocycles. The van der Waals surface area contributed by atoms with Crippen LogP contribution in [0.2, 0.25) is 5.02 Å². The normalized spacial score (nSPS) is 21.2. The summed E-state index contributed by atoms with van der Waals surface area (Å²) in [4.78, 5) is 45.6. The van der Waals surface area contributed by atoms with Crippen LogP contribution in [0, 0.1) is 6.92 Å². The Morgan fingerprint density at radius 2 is 1.93 bits per heavy atom. The number of halogens is 1. The molecule has 2 aliphatic rings. The molecule has 11 heteroatoms. The number of carbonyl (C=O) groups excluding carboxylic acids is 3. The fourth-order valence-electron chi connectivity index (χ4n) is 5.55. The second kappa shape index (κ2) is 11.3. The van der Waals surface area contributed by atoms with Gasteiger partial charge in [0.05, 0.1) is 11.4 Å². The lowest BCUT2D eigenvalue weighted by Crippen LogP contribution is -2.54. The van der Waals surface area contributed by atoms with Gasteiger partial charge in [-0.15, -0.1) is 0 Å². The number of pyridine rings is 1. The Bertz CT molecular complexity index is 1630. The third-order valence-corrected chi connectivity index (χ3v) is 9.05. The number of likely N-dealkylation sites (tertiary alicyclic amines) is 1. The Labute approximate surface area is 243 Å². The molecule has 0 radical (unpaired) electrons. The molecule has 1 aromatic heterocycles. The van der Waals surface area contributed by atoms with E-state index in [0.717, 1.165) is 11.8 Å². The number of carbonyl (C=O) groups is 3. The van der Waals surface area contributed by atoms with Crippen LogP contribution >= 0.6 is 11.6 Å². The fourth-order valence-corrected chi connectivity index (χ4v) is 6.50. The van der Waals surface area contributed by atoms with Crippen molar-refractivity contribution in [3.63, 3.8) is 0 Å². The van der Waals surface area contributed by atoms with Crippen molar-refractivity contribution in [2.24, 2.45) is 0 Å². The lowest BCUT2D eigenvalue weighted by atomic mass is 9.81. The number of aromatic nitrogens is 1. The summed E-state index contributed by atoms with van der Waals surface area (Å²) in [5.41, 5.74) is 1.91. The smallest absolute Gasteiger partial charge is 0.322 e. The summed E-state index contributed by atoms with van der Waals surface area (Å²) in [6.45, 7) is 2.96. The minimum Gasteiger partial charge on any atom is -0.449 e. The molecular weight excluding hydrogens is 566 g/mol. The van der Waals surface area contributed by atoms with Crippen molar-refractivity contribution in [3.05, 3.63) is 82.6 Å². The molecule has 3 aromatic rings. The maximum absolute atomic E-state index is 13.8. The van der Waals surface area contributed by atoms with Gasteiger partial charge in [0.25, 0.3) is 0 Å². The average molecular weight is 596 g/mol. The van der Waals surface area contributed by atoms with Crippen LogP contribution in [0.3, 0.4) is 0 Å². The number of sulfone groups is 1. The monoisotopic (exact) mass is 595 g/mol. The van der Waals surface area contributed by atoms with Crippen LogP contribution < -0.4 is 5.32 Å². The van der Waals surface area contributed by atoms with Gasteiger partial charge < -0.3 is 10.1 Å². The molecule has 0 bridgehead atoms. The highest BCUT2D eigenvalue weighted by Crippen LogP contribution is 2.43. The van der Waals surface area contributed by atoms with Crippen LogP contribution in [-0.4, -0.2) is 67.5 Å². The van der Waals surface area contributed by atoms with Gasteiger partial charge in [-0.1, -0.05) is 23.7 Å². The van der Waals surface area contributed by atoms with Gasteiger partial charge in [0, 0.05) is 42.3 Å². The van der Waals surface area contributed by atoms with E-state index in [2.05, 4.69) is 10.3 Å². The van der Waals surface area contributed by atoms with Gasteiger partial charge in [-0.05, 0) is 85.0 Å². The van der Waals surface area contributed by atoms with E-state index in [4.69, 9.17) is 16.3 Å². The number of nitrogens with one attached hydrogen (secondary N) is 1. The zero-order valence-corrected chi connectivity index (χ0v) is 24.3. The number of ketones is 1. The van der Waals surface area contributed by atoms with Gasteiger partial charge in [0.1, 0.15) is 5.92 Å². The van der Waals surface area contributed by atoms with E-state index in [-0.39, 0.29) is 34.7 Å². The molecule has 2 atom stereocenters. The zero-order chi connectivity index (χ0) is 29.4. The van der Waals surface area contributed by atoms with Gasteiger partial charge in [-0.3, -0.25) is 24.3 Å². The summed E-state index contributed by atoms with van der Waals surface area (Å²) in [6, 6.07) is 13.4. The van der Waals surface area contributed by atoms with Crippen LogP contribution in [0.15, 0.2) is 65.8 Å². The minimum atomic E-state index is -3.42. The topological polar surface area (TPSA) is 123 Å². The Kier molecular flexibility index (Phi) is 8.00. The molecule has 5 rings (SSSR count). The lowest BCUT2D eigenvalue weighted by Gasteiger charge is -2.37. The second-order valence-corrected chi connectivity index (χ2v) is 13.1. The SMILES string of the molecule is Cc1cc(-c2cccc(S(C)(=O)=O)c2)c(Cl)cc1C1C(=O)OC2(CCCN(CC(=O)NCc3ccncc3)C2)C1=O. The predicted molar refractivity (Wildman–Crippen MR) is 153 cm³/mol. The number of amides is 1. The number of Topliss-reactive ketones (excluding diaryl/α,β-unsaturated/α-hetero) is 1. The molecule has 2 aromatic carbocycles. The number of piperidine rings is 1. The molecule has 214 valence electrons. The summed E-state index contributed by atoms with van der Waals surface area (Å²) in [7, 11) is -3.42. The Morgan fingerprint density at radius 1 is 1.17 bits per heavy atom. The standard InChI is InChI=1S/C30H30ClN3O6S/c1-19-13-24(21-5-3-6-22(14-21)41(2,38)39)25(31)15-23(19)27-28(36)30(40-29(27)37)9-4-12-34(18-30)17-26(35)33-16-20-7-10-32-11-8-20/h3,5-8,10-11,13-15,27H,4,9,12,16-18H2,1-2H3,(H,33,35). The number of ether oxygens (including phenoxy) is 1. The predicted octanol–water partition coefficient (Wildman–Crippen LogP) is 3.47. The summed E-state index contributed by atoms with van der Waals surface area (Å²) in [5.74, 6) is -2.30.